The minimum absolute atomic E-state index is 0.00750. The van der Waals surface area contributed by atoms with E-state index in [1.165, 1.54) is 7.11 Å². The lowest BCUT2D eigenvalue weighted by atomic mass is 10.1. The quantitative estimate of drug-likeness (QED) is 0.815. The molecular weight excluding hydrogens is 222 g/mol. The maximum atomic E-state index is 12.7. The van der Waals surface area contributed by atoms with Crippen LogP contribution in [0.15, 0.2) is 6.20 Å². The molecule has 3 N–H and O–H groups in total. The van der Waals surface area contributed by atoms with E-state index in [9.17, 15) is 13.6 Å². The van der Waals surface area contributed by atoms with Crippen molar-refractivity contribution in [3.63, 3.8) is 0 Å². The van der Waals surface area contributed by atoms with Gasteiger partial charge in [-0.3, -0.25) is 4.79 Å². The smallest absolute Gasteiger partial charge is 0.307 e. The van der Waals surface area contributed by atoms with Gasteiger partial charge in [-0.05, 0) is 0 Å². The van der Waals surface area contributed by atoms with E-state index in [1.54, 1.807) is 0 Å². The Hall–Kier alpha value is -1.92. The largest absolute Gasteiger partial charge is 0.495 e. The fourth-order valence-electron chi connectivity index (χ4n) is 1.32. The zero-order chi connectivity index (χ0) is 12.3. The average molecular weight is 232 g/mol. The predicted molar refractivity (Wildman–Crippen MR) is 51.5 cm³/mol. The first-order valence-corrected chi connectivity index (χ1v) is 4.28. The number of ether oxygens (including phenoxy) is 1. The lowest BCUT2D eigenvalue weighted by molar-refractivity contribution is -0.136. The van der Waals surface area contributed by atoms with Crippen LogP contribution in [-0.4, -0.2) is 23.2 Å². The van der Waals surface area contributed by atoms with Crippen molar-refractivity contribution in [2.45, 2.75) is 12.8 Å². The molecule has 1 rings (SSSR count). The van der Waals surface area contributed by atoms with Crippen molar-refractivity contribution in [3.8, 4) is 5.75 Å². The molecule has 1 heterocycles. The number of anilines is 1. The first-order valence-electron chi connectivity index (χ1n) is 4.28. The maximum absolute atomic E-state index is 12.7. The van der Waals surface area contributed by atoms with Crippen molar-refractivity contribution < 1.29 is 23.4 Å². The summed E-state index contributed by atoms with van der Waals surface area (Å²) in [5.41, 5.74) is 4.56. The first kappa shape index (κ1) is 12.2. The highest BCUT2D eigenvalue weighted by Gasteiger charge is 2.23. The van der Waals surface area contributed by atoms with Gasteiger partial charge in [0, 0.05) is 5.56 Å². The Bertz CT molecular complexity index is 410. The third-order valence-corrected chi connectivity index (χ3v) is 1.99. The van der Waals surface area contributed by atoms with Crippen LogP contribution in [0, 0.1) is 0 Å². The SMILES string of the molecule is COc1cnc(N)c(C(F)F)c1CC(=O)O. The summed E-state index contributed by atoms with van der Waals surface area (Å²) in [6, 6.07) is 0. The minimum atomic E-state index is -2.89. The van der Waals surface area contributed by atoms with Crippen molar-refractivity contribution in [1.29, 1.82) is 0 Å². The van der Waals surface area contributed by atoms with Crippen molar-refractivity contribution in [3.05, 3.63) is 17.3 Å². The second-order valence-electron chi connectivity index (χ2n) is 2.98. The highest BCUT2D eigenvalue weighted by Crippen LogP contribution is 2.33. The number of methoxy groups -OCH3 is 1. The molecule has 1 aromatic heterocycles. The second kappa shape index (κ2) is 4.73. The highest BCUT2D eigenvalue weighted by atomic mass is 19.3. The fraction of sp³-hybridized carbons (Fsp3) is 0.333. The van der Waals surface area contributed by atoms with Gasteiger partial charge in [-0.15, -0.1) is 0 Å². The zero-order valence-corrected chi connectivity index (χ0v) is 8.41. The molecule has 0 aliphatic rings. The number of hydrogen-bond donors (Lipinski definition) is 2. The Morgan fingerprint density at radius 3 is 2.75 bits per heavy atom. The number of pyridine rings is 1. The standard InChI is InChI=1S/C9H10F2N2O3/c1-16-5-3-13-9(12)7(8(10)11)4(5)2-6(14)15/h3,8H,2H2,1H3,(H2,12,13)(H,14,15). The van der Waals surface area contributed by atoms with Gasteiger partial charge >= 0.3 is 5.97 Å². The van der Waals surface area contributed by atoms with Crippen LogP contribution >= 0.6 is 0 Å². The topological polar surface area (TPSA) is 85.4 Å². The molecule has 1 aromatic rings. The van der Waals surface area contributed by atoms with E-state index < -0.39 is 24.4 Å². The number of carbonyl (C=O) groups is 1. The van der Waals surface area contributed by atoms with Crippen LogP contribution in [-0.2, 0) is 11.2 Å². The first-order chi connectivity index (χ1) is 7.47. The molecule has 0 aliphatic heterocycles. The van der Waals surface area contributed by atoms with Crippen molar-refractivity contribution in [2.75, 3.05) is 12.8 Å². The molecule has 0 fully saturated rings. The summed E-state index contributed by atoms with van der Waals surface area (Å²) in [5, 5.41) is 8.62. The van der Waals surface area contributed by atoms with Crippen molar-refractivity contribution >= 4 is 11.8 Å². The number of carboxylic acids is 1. The van der Waals surface area contributed by atoms with Gasteiger partial charge in [0.25, 0.3) is 6.43 Å². The number of nitrogen functional groups attached to an aromatic ring is 1. The summed E-state index contributed by atoms with van der Waals surface area (Å²) in [7, 11) is 1.24. The molecule has 88 valence electrons. The van der Waals surface area contributed by atoms with Crippen LogP contribution in [0.4, 0.5) is 14.6 Å². The second-order valence-corrected chi connectivity index (χ2v) is 2.98. The molecule has 16 heavy (non-hydrogen) atoms. The van der Waals surface area contributed by atoms with Gasteiger partial charge in [0.2, 0.25) is 0 Å². The molecule has 0 unspecified atom stereocenters. The molecule has 5 nitrogen and oxygen atoms in total. The molecule has 0 saturated carbocycles. The molecule has 0 saturated heterocycles. The van der Waals surface area contributed by atoms with E-state index >= 15 is 0 Å². The van der Waals surface area contributed by atoms with Gasteiger partial charge < -0.3 is 15.6 Å². The molecule has 0 amide bonds. The number of aromatic nitrogens is 1. The summed E-state index contributed by atoms with van der Waals surface area (Å²) in [4.78, 5) is 14.1. The number of hydrogen-bond acceptors (Lipinski definition) is 4. The normalized spacial score (nSPS) is 10.5. The molecule has 0 radical (unpaired) electrons. The fourth-order valence-corrected chi connectivity index (χ4v) is 1.32. The Balaban J connectivity index is 3.36. The summed E-state index contributed by atoms with van der Waals surface area (Å²) >= 11 is 0. The molecule has 0 spiro atoms. The Kier molecular flexibility index (Phi) is 3.60. The van der Waals surface area contributed by atoms with Gasteiger partial charge in [0.05, 0.1) is 25.3 Å². The van der Waals surface area contributed by atoms with Crippen molar-refractivity contribution in [1.82, 2.24) is 4.98 Å². The third kappa shape index (κ3) is 2.36. The number of halogens is 2. The zero-order valence-electron chi connectivity index (χ0n) is 8.41. The van der Waals surface area contributed by atoms with Gasteiger partial charge in [-0.2, -0.15) is 0 Å². The predicted octanol–water partition coefficient (Wildman–Crippen LogP) is 1.24. The van der Waals surface area contributed by atoms with Gasteiger partial charge in [-0.25, -0.2) is 13.8 Å². The van der Waals surface area contributed by atoms with Gasteiger partial charge in [-0.1, -0.05) is 0 Å². The van der Waals surface area contributed by atoms with Crippen LogP contribution in [0.5, 0.6) is 5.75 Å². The number of rotatable bonds is 4. The van der Waals surface area contributed by atoms with Gasteiger partial charge in [0.1, 0.15) is 11.6 Å². The third-order valence-electron chi connectivity index (χ3n) is 1.99. The molecule has 0 aromatic carbocycles. The van der Waals surface area contributed by atoms with Crippen LogP contribution in [0.3, 0.4) is 0 Å². The number of nitrogens with zero attached hydrogens (tertiary/aromatic N) is 1. The number of aliphatic carboxylic acids is 1. The number of carboxylic acid groups (broad SMARTS) is 1. The summed E-state index contributed by atoms with van der Waals surface area (Å²) in [6.45, 7) is 0. The minimum Gasteiger partial charge on any atom is -0.495 e. The highest BCUT2D eigenvalue weighted by molar-refractivity contribution is 5.73. The average Bonchev–Trinajstić information content (AvgIpc) is 2.16. The summed E-state index contributed by atoms with van der Waals surface area (Å²) in [6.07, 6.45) is -2.35. The van der Waals surface area contributed by atoms with E-state index in [1.807, 2.05) is 0 Å². The monoisotopic (exact) mass is 232 g/mol. The molecule has 0 aliphatic carbocycles. The van der Waals surface area contributed by atoms with E-state index in [2.05, 4.69) is 4.98 Å². The Labute approximate surface area is 89.9 Å². The van der Waals surface area contributed by atoms with Crippen LogP contribution in [0.2, 0.25) is 0 Å². The summed E-state index contributed by atoms with van der Waals surface area (Å²) in [5.74, 6) is -1.63. The van der Waals surface area contributed by atoms with Crippen LogP contribution in [0.1, 0.15) is 17.6 Å². The van der Waals surface area contributed by atoms with E-state index in [0.29, 0.717) is 0 Å². The maximum Gasteiger partial charge on any atom is 0.307 e. The van der Waals surface area contributed by atoms with E-state index in [4.69, 9.17) is 15.6 Å². The molecule has 7 heteroatoms. The molecule has 0 bridgehead atoms. The number of nitrogens with two attached hydrogens (primary N) is 1. The number of alkyl halides is 2. The van der Waals surface area contributed by atoms with Crippen molar-refractivity contribution in [2.24, 2.45) is 0 Å². The van der Waals surface area contributed by atoms with Crippen LogP contribution < -0.4 is 10.5 Å². The summed E-state index contributed by atoms with van der Waals surface area (Å²) < 4.78 is 30.2. The van der Waals surface area contributed by atoms with Crippen LogP contribution in [0.25, 0.3) is 0 Å². The Morgan fingerprint density at radius 1 is 1.69 bits per heavy atom. The Morgan fingerprint density at radius 2 is 2.31 bits per heavy atom. The molecular formula is C9H10F2N2O3. The lowest BCUT2D eigenvalue weighted by Gasteiger charge is -2.13. The van der Waals surface area contributed by atoms with E-state index in [0.717, 1.165) is 6.20 Å². The molecule has 0 atom stereocenters. The van der Waals surface area contributed by atoms with E-state index in [-0.39, 0.29) is 17.1 Å². The lowest BCUT2D eigenvalue weighted by Crippen LogP contribution is -2.10. The van der Waals surface area contributed by atoms with Gasteiger partial charge in [0.15, 0.2) is 0 Å².